The number of nitriles is 1. The minimum atomic E-state index is 0.397. The van der Waals surface area contributed by atoms with Gasteiger partial charge in [-0.3, -0.25) is 4.90 Å². The van der Waals surface area contributed by atoms with Crippen LogP contribution in [0.5, 0.6) is 0 Å². The molecule has 0 amide bonds. The van der Waals surface area contributed by atoms with Crippen molar-refractivity contribution in [3.05, 3.63) is 0 Å². The number of rotatable bonds is 3. The summed E-state index contributed by atoms with van der Waals surface area (Å²) in [6, 6.07) is 2.16. The molecule has 3 heteroatoms. The lowest BCUT2D eigenvalue weighted by Gasteiger charge is -2.29. The quantitative estimate of drug-likeness (QED) is 0.616. The van der Waals surface area contributed by atoms with E-state index < -0.39 is 0 Å². The van der Waals surface area contributed by atoms with Crippen LogP contribution in [0.4, 0.5) is 0 Å². The van der Waals surface area contributed by atoms with Gasteiger partial charge in [-0.25, -0.2) is 0 Å². The highest BCUT2D eigenvalue weighted by Gasteiger charge is 2.20. The summed E-state index contributed by atoms with van der Waals surface area (Å²) in [4.78, 5) is 2.09. The van der Waals surface area contributed by atoms with Gasteiger partial charge in [0.25, 0.3) is 0 Å². The van der Waals surface area contributed by atoms with E-state index in [9.17, 15) is 0 Å². The van der Waals surface area contributed by atoms with E-state index in [1.165, 1.54) is 0 Å². The summed E-state index contributed by atoms with van der Waals surface area (Å²) in [5.74, 6) is 0.710. The molecule has 0 saturated carbocycles. The van der Waals surface area contributed by atoms with E-state index >= 15 is 0 Å². The smallest absolute Gasteiger partial charge is 0.0863 e. The van der Waals surface area contributed by atoms with E-state index in [0.29, 0.717) is 18.6 Å². The molecule has 1 saturated heterocycles. The van der Waals surface area contributed by atoms with Crippen LogP contribution in [0, 0.1) is 17.2 Å². The fourth-order valence-corrected chi connectivity index (χ4v) is 1.88. The molecular weight excluding hydrogens is 164 g/mol. The third-order valence-corrected chi connectivity index (χ3v) is 2.50. The molecule has 0 N–H and O–H groups in total. The second kappa shape index (κ2) is 5.21. The maximum absolute atomic E-state index is 8.50. The molecule has 0 aromatic rings. The first-order valence-electron chi connectivity index (χ1n) is 4.89. The summed E-state index contributed by atoms with van der Waals surface area (Å²) in [6.45, 7) is 4.57. The largest absolute Gasteiger partial charge is 0.378 e. The topological polar surface area (TPSA) is 36.3 Å². The maximum atomic E-state index is 8.50. The van der Waals surface area contributed by atoms with Gasteiger partial charge < -0.3 is 4.74 Å². The van der Waals surface area contributed by atoms with Crippen LogP contribution >= 0.6 is 0 Å². The van der Waals surface area contributed by atoms with Crippen molar-refractivity contribution in [2.75, 3.05) is 26.7 Å². The van der Waals surface area contributed by atoms with Crippen LogP contribution in [0.1, 0.15) is 19.8 Å². The Morgan fingerprint density at radius 1 is 1.62 bits per heavy atom. The Bertz CT molecular complexity index is 188. The Balaban J connectivity index is 2.24. The van der Waals surface area contributed by atoms with Crippen molar-refractivity contribution in [1.82, 2.24) is 4.90 Å². The van der Waals surface area contributed by atoms with Crippen molar-refractivity contribution < 1.29 is 4.74 Å². The van der Waals surface area contributed by atoms with Gasteiger partial charge >= 0.3 is 0 Å². The zero-order valence-electron chi connectivity index (χ0n) is 8.49. The van der Waals surface area contributed by atoms with Crippen LogP contribution in [0.15, 0.2) is 0 Å². The molecule has 13 heavy (non-hydrogen) atoms. The van der Waals surface area contributed by atoms with E-state index in [2.05, 4.69) is 17.9 Å². The van der Waals surface area contributed by atoms with E-state index in [1.807, 2.05) is 7.05 Å². The van der Waals surface area contributed by atoms with Crippen molar-refractivity contribution in [3.63, 3.8) is 0 Å². The summed E-state index contributed by atoms with van der Waals surface area (Å²) in [5.41, 5.74) is 0. The number of hydrogen-bond donors (Lipinski definition) is 0. The average Bonchev–Trinajstić information content (AvgIpc) is 2.04. The summed E-state index contributed by atoms with van der Waals surface area (Å²) in [5, 5.41) is 8.50. The van der Waals surface area contributed by atoms with E-state index in [4.69, 9.17) is 10.00 Å². The number of hydrogen-bond acceptors (Lipinski definition) is 3. The van der Waals surface area contributed by atoms with E-state index in [-0.39, 0.29) is 0 Å². The normalized spacial score (nSPS) is 28.8. The molecule has 0 radical (unpaired) electrons. The molecular formula is C10H18N2O. The molecule has 1 aliphatic heterocycles. The van der Waals surface area contributed by atoms with Gasteiger partial charge in [-0.2, -0.15) is 5.26 Å². The summed E-state index contributed by atoms with van der Waals surface area (Å²) in [7, 11) is 2.00. The molecule has 0 aromatic carbocycles. The Labute approximate surface area is 80.3 Å². The van der Waals surface area contributed by atoms with Crippen molar-refractivity contribution >= 4 is 0 Å². The summed E-state index contributed by atoms with van der Waals surface area (Å²) >= 11 is 0. The molecule has 0 bridgehead atoms. The minimum absolute atomic E-state index is 0.397. The molecule has 1 rings (SSSR count). The molecule has 2 atom stereocenters. The lowest BCUT2D eigenvalue weighted by Crippen LogP contribution is -2.32. The van der Waals surface area contributed by atoms with Crippen molar-refractivity contribution in [3.8, 4) is 6.07 Å². The second-order valence-electron chi connectivity index (χ2n) is 3.93. The number of nitrogens with zero attached hydrogens (tertiary/aromatic N) is 2. The van der Waals surface area contributed by atoms with Gasteiger partial charge in [0, 0.05) is 13.2 Å². The first-order valence-corrected chi connectivity index (χ1v) is 4.89. The highest BCUT2D eigenvalue weighted by atomic mass is 16.5. The standard InChI is InChI=1S/C10H18N2O/c1-9-7-10(3-6-13-9)8-12(2)5-4-11/h9-10H,3,5-8H2,1-2H3. The predicted molar refractivity (Wildman–Crippen MR) is 51.2 cm³/mol. The minimum Gasteiger partial charge on any atom is -0.378 e. The molecule has 3 nitrogen and oxygen atoms in total. The van der Waals surface area contributed by atoms with Crippen LogP contribution < -0.4 is 0 Å². The van der Waals surface area contributed by atoms with Gasteiger partial charge in [-0.05, 0) is 32.7 Å². The SMILES string of the molecule is CC1CC(CN(C)CC#N)CCO1. The average molecular weight is 182 g/mol. The Morgan fingerprint density at radius 3 is 3.00 bits per heavy atom. The van der Waals surface area contributed by atoms with Crippen molar-refractivity contribution in [1.29, 1.82) is 5.26 Å². The predicted octanol–water partition coefficient (Wildman–Crippen LogP) is 1.26. The van der Waals surface area contributed by atoms with Crippen molar-refractivity contribution in [2.45, 2.75) is 25.9 Å². The third-order valence-electron chi connectivity index (χ3n) is 2.50. The van der Waals surface area contributed by atoms with Gasteiger partial charge in [-0.15, -0.1) is 0 Å². The highest BCUT2D eigenvalue weighted by molar-refractivity contribution is 4.77. The monoisotopic (exact) mass is 182 g/mol. The van der Waals surface area contributed by atoms with E-state index in [0.717, 1.165) is 26.0 Å². The maximum Gasteiger partial charge on any atom is 0.0863 e. The zero-order chi connectivity index (χ0) is 9.68. The van der Waals surface area contributed by atoms with Crippen LogP contribution in [0.2, 0.25) is 0 Å². The molecule has 0 aliphatic carbocycles. The van der Waals surface area contributed by atoms with Gasteiger partial charge in [0.15, 0.2) is 0 Å². The third kappa shape index (κ3) is 3.75. The lowest BCUT2D eigenvalue weighted by molar-refractivity contribution is -0.00308. The zero-order valence-corrected chi connectivity index (χ0v) is 8.49. The lowest BCUT2D eigenvalue weighted by atomic mass is 9.96. The van der Waals surface area contributed by atoms with Gasteiger partial charge in [0.2, 0.25) is 0 Å². The molecule has 0 spiro atoms. The Morgan fingerprint density at radius 2 is 2.38 bits per heavy atom. The molecule has 1 heterocycles. The molecule has 1 aliphatic rings. The Kier molecular flexibility index (Phi) is 4.20. The molecule has 2 unspecified atom stereocenters. The molecule has 1 fully saturated rings. The van der Waals surface area contributed by atoms with Crippen LogP contribution in [-0.4, -0.2) is 37.7 Å². The Hall–Kier alpha value is -0.590. The first kappa shape index (κ1) is 10.5. The number of ether oxygens (including phenoxy) is 1. The van der Waals surface area contributed by atoms with Gasteiger partial charge in [0.05, 0.1) is 18.7 Å². The van der Waals surface area contributed by atoms with Crippen molar-refractivity contribution in [2.24, 2.45) is 5.92 Å². The van der Waals surface area contributed by atoms with Crippen LogP contribution in [0.3, 0.4) is 0 Å². The molecule has 74 valence electrons. The molecule has 0 aromatic heterocycles. The van der Waals surface area contributed by atoms with Gasteiger partial charge in [-0.1, -0.05) is 0 Å². The fraction of sp³-hybridized carbons (Fsp3) is 0.900. The van der Waals surface area contributed by atoms with Crippen LogP contribution in [-0.2, 0) is 4.74 Å². The van der Waals surface area contributed by atoms with Gasteiger partial charge in [0.1, 0.15) is 0 Å². The van der Waals surface area contributed by atoms with E-state index in [1.54, 1.807) is 0 Å². The summed E-state index contributed by atoms with van der Waals surface area (Å²) < 4.78 is 5.47. The fourth-order valence-electron chi connectivity index (χ4n) is 1.88. The highest BCUT2D eigenvalue weighted by Crippen LogP contribution is 2.20. The van der Waals surface area contributed by atoms with Crippen LogP contribution in [0.25, 0.3) is 0 Å². The first-order chi connectivity index (χ1) is 6.22. The second-order valence-corrected chi connectivity index (χ2v) is 3.93. The summed E-state index contributed by atoms with van der Waals surface area (Å²) in [6.07, 6.45) is 2.67.